The second-order valence-electron chi connectivity index (χ2n) is 5.64. The highest BCUT2D eigenvalue weighted by Crippen LogP contribution is 2.28. The van der Waals surface area contributed by atoms with Gasteiger partial charge in [0.05, 0.1) is 5.69 Å². The van der Waals surface area contributed by atoms with Crippen LogP contribution in [0.4, 0.5) is 10.1 Å². The van der Waals surface area contributed by atoms with Crippen molar-refractivity contribution < 1.29 is 12.8 Å². The average molecular weight is 300 g/mol. The van der Waals surface area contributed by atoms with Crippen LogP contribution in [0.2, 0.25) is 0 Å². The number of anilines is 1. The van der Waals surface area contributed by atoms with Crippen molar-refractivity contribution in [3.8, 4) is 0 Å². The molecule has 0 heterocycles. The van der Waals surface area contributed by atoms with Crippen molar-refractivity contribution in [3.63, 3.8) is 0 Å². The maximum Gasteiger partial charge on any atom is 0.245 e. The first-order chi connectivity index (χ1) is 9.40. The lowest BCUT2D eigenvalue weighted by molar-refractivity contribution is 0.290. The molecule has 112 valence electrons. The minimum atomic E-state index is -3.88. The Morgan fingerprint density at radius 2 is 1.95 bits per heavy atom. The number of nitrogens with two attached hydrogens (primary N) is 1. The quantitative estimate of drug-likeness (QED) is 0.839. The summed E-state index contributed by atoms with van der Waals surface area (Å²) in [5.74, 6) is 0.230. The number of benzene rings is 1. The van der Waals surface area contributed by atoms with E-state index in [0.29, 0.717) is 18.4 Å². The van der Waals surface area contributed by atoms with Crippen molar-refractivity contribution in [2.75, 3.05) is 12.3 Å². The summed E-state index contributed by atoms with van der Waals surface area (Å²) < 4.78 is 40.5. The maximum atomic E-state index is 13.7. The Bertz CT molecular complexity index is 546. The molecule has 0 radical (unpaired) electrons. The van der Waals surface area contributed by atoms with Crippen LogP contribution < -0.4 is 10.5 Å². The van der Waals surface area contributed by atoms with Crippen molar-refractivity contribution in [2.24, 2.45) is 11.8 Å². The second kappa shape index (κ2) is 6.10. The van der Waals surface area contributed by atoms with Gasteiger partial charge in [0.15, 0.2) is 0 Å². The lowest BCUT2D eigenvalue weighted by atomic mass is 9.83. The van der Waals surface area contributed by atoms with Gasteiger partial charge in [0.25, 0.3) is 0 Å². The van der Waals surface area contributed by atoms with Crippen LogP contribution in [0.3, 0.4) is 0 Å². The number of rotatable bonds is 4. The molecule has 1 fully saturated rings. The Balaban J connectivity index is 2.05. The SMILES string of the molecule is CC1CCC(CNS(=O)(=O)c2c(N)cccc2F)CC1. The van der Waals surface area contributed by atoms with Gasteiger partial charge in [-0.2, -0.15) is 0 Å². The minimum absolute atomic E-state index is 0.0604. The molecule has 3 N–H and O–H groups in total. The molecule has 20 heavy (non-hydrogen) atoms. The Labute approximate surface area is 119 Å². The summed E-state index contributed by atoms with van der Waals surface area (Å²) in [6, 6.07) is 3.89. The van der Waals surface area contributed by atoms with Gasteiger partial charge in [-0.15, -0.1) is 0 Å². The van der Waals surface area contributed by atoms with Gasteiger partial charge >= 0.3 is 0 Å². The van der Waals surface area contributed by atoms with Crippen LogP contribution in [0.25, 0.3) is 0 Å². The summed E-state index contributed by atoms with van der Waals surface area (Å²) in [7, 11) is -3.88. The summed E-state index contributed by atoms with van der Waals surface area (Å²) in [6.45, 7) is 2.56. The number of hydrogen-bond donors (Lipinski definition) is 2. The van der Waals surface area contributed by atoms with E-state index in [1.165, 1.54) is 12.1 Å². The van der Waals surface area contributed by atoms with Gasteiger partial charge < -0.3 is 5.73 Å². The number of hydrogen-bond acceptors (Lipinski definition) is 3. The van der Waals surface area contributed by atoms with E-state index in [9.17, 15) is 12.8 Å². The fraction of sp³-hybridized carbons (Fsp3) is 0.571. The topological polar surface area (TPSA) is 72.2 Å². The van der Waals surface area contributed by atoms with Crippen LogP contribution in [-0.4, -0.2) is 15.0 Å². The van der Waals surface area contributed by atoms with E-state index in [2.05, 4.69) is 11.6 Å². The van der Waals surface area contributed by atoms with Crippen LogP contribution in [0.1, 0.15) is 32.6 Å². The number of nitrogen functional groups attached to an aromatic ring is 1. The van der Waals surface area contributed by atoms with E-state index in [0.717, 1.165) is 31.7 Å². The molecule has 1 aliphatic carbocycles. The molecule has 0 bridgehead atoms. The molecule has 0 atom stereocenters. The van der Waals surface area contributed by atoms with E-state index in [-0.39, 0.29) is 5.69 Å². The third-order valence-electron chi connectivity index (χ3n) is 3.96. The van der Waals surface area contributed by atoms with Crippen molar-refractivity contribution in [1.82, 2.24) is 4.72 Å². The van der Waals surface area contributed by atoms with E-state index >= 15 is 0 Å². The smallest absolute Gasteiger partial charge is 0.245 e. The monoisotopic (exact) mass is 300 g/mol. The van der Waals surface area contributed by atoms with Crippen LogP contribution in [0.5, 0.6) is 0 Å². The predicted octanol–water partition coefficient (Wildman–Crippen LogP) is 2.51. The highest BCUT2D eigenvalue weighted by atomic mass is 32.2. The zero-order chi connectivity index (χ0) is 14.8. The molecule has 0 aliphatic heterocycles. The lowest BCUT2D eigenvalue weighted by Crippen LogP contribution is -2.32. The lowest BCUT2D eigenvalue weighted by Gasteiger charge is -2.26. The summed E-state index contributed by atoms with van der Waals surface area (Å²) in [5, 5.41) is 0. The number of sulfonamides is 1. The summed E-state index contributed by atoms with van der Waals surface area (Å²) in [5.41, 5.74) is 5.51. The maximum absolute atomic E-state index is 13.7. The van der Waals surface area contributed by atoms with Crippen molar-refractivity contribution in [2.45, 2.75) is 37.5 Å². The third kappa shape index (κ3) is 3.49. The molecule has 4 nitrogen and oxygen atoms in total. The van der Waals surface area contributed by atoms with Crippen molar-refractivity contribution >= 4 is 15.7 Å². The highest BCUT2D eigenvalue weighted by Gasteiger charge is 2.24. The first-order valence-corrected chi connectivity index (χ1v) is 8.42. The Morgan fingerprint density at radius 3 is 2.55 bits per heavy atom. The van der Waals surface area contributed by atoms with Crippen LogP contribution >= 0.6 is 0 Å². The van der Waals surface area contributed by atoms with Crippen LogP contribution in [0.15, 0.2) is 23.1 Å². The largest absolute Gasteiger partial charge is 0.398 e. The first kappa shape index (κ1) is 15.3. The zero-order valence-corrected chi connectivity index (χ0v) is 12.4. The minimum Gasteiger partial charge on any atom is -0.398 e. The van der Waals surface area contributed by atoms with E-state index in [4.69, 9.17) is 5.73 Å². The van der Waals surface area contributed by atoms with Gasteiger partial charge in [0.2, 0.25) is 10.0 Å². The molecule has 0 saturated heterocycles. The normalized spacial score (nSPS) is 23.7. The molecule has 1 aromatic rings. The molecule has 6 heteroatoms. The Morgan fingerprint density at radius 1 is 1.30 bits per heavy atom. The standard InChI is InChI=1S/C14H21FN2O2S/c1-10-5-7-11(8-6-10)9-17-20(18,19)14-12(15)3-2-4-13(14)16/h2-4,10-11,17H,5-9,16H2,1H3. The molecule has 0 aromatic heterocycles. The van der Waals surface area contributed by atoms with E-state index in [1.54, 1.807) is 0 Å². The second-order valence-corrected chi connectivity index (χ2v) is 7.34. The molecule has 0 amide bonds. The summed E-state index contributed by atoms with van der Waals surface area (Å²) in [4.78, 5) is -0.441. The fourth-order valence-corrected chi connectivity index (χ4v) is 3.94. The predicted molar refractivity (Wildman–Crippen MR) is 77.1 cm³/mol. The molecular formula is C14H21FN2O2S. The molecule has 1 aliphatic rings. The highest BCUT2D eigenvalue weighted by molar-refractivity contribution is 7.89. The third-order valence-corrected chi connectivity index (χ3v) is 5.48. The molecule has 1 aromatic carbocycles. The number of halogens is 1. The Kier molecular flexibility index (Phi) is 4.65. The van der Waals surface area contributed by atoms with Gasteiger partial charge in [-0.3, -0.25) is 0 Å². The van der Waals surface area contributed by atoms with Crippen molar-refractivity contribution in [3.05, 3.63) is 24.0 Å². The molecular weight excluding hydrogens is 279 g/mol. The first-order valence-electron chi connectivity index (χ1n) is 6.94. The van der Waals surface area contributed by atoms with Gasteiger partial charge in [0, 0.05) is 6.54 Å². The van der Waals surface area contributed by atoms with E-state index in [1.807, 2.05) is 0 Å². The van der Waals surface area contributed by atoms with Gasteiger partial charge in [0.1, 0.15) is 10.7 Å². The molecule has 0 unspecified atom stereocenters. The fourth-order valence-electron chi connectivity index (χ4n) is 2.64. The van der Waals surface area contributed by atoms with Gasteiger partial charge in [-0.05, 0) is 36.8 Å². The molecule has 2 rings (SSSR count). The van der Waals surface area contributed by atoms with Gasteiger partial charge in [-0.25, -0.2) is 17.5 Å². The molecule has 1 saturated carbocycles. The van der Waals surface area contributed by atoms with Gasteiger partial charge in [-0.1, -0.05) is 25.8 Å². The summed E-state index contributed by atoms with van der Waals surface area (Å²) >= 11 is 0. The van der Waals surface area contributed by atoms with Crippen molar-refractivity contribution in [1.29, 1.82) is 0 Å². The van der Waals surface area contributed by atoms with Crippen LogP contribution in [-0.2, 0) is 10.0 Å². The summed E-state index contributed by atoms with van der Waals surface area (Å²) in [6.07, 6.45) is 4.26. The molecule has 0 spiro atoms. The Hall–Kier alpha value is -1.14. The number of nitrogens with one attached hydrogen (secondary N) is 1. The average Bonchev–Trinajstić information content (AvgIpc) is 2.37. The zero-order valence-electron chi connectivity index (χ0n) is 11.6. The van der Waals surface area contributed by atoms with E-state index < -0.39 is 20.7 Å². The van der Waals surface area contributed by atoms with Crippen LogP contribution in [0, 0.1) is 17.7 Å².